The highest BCUT2D eigenvalue weighted by molar-refractivity contribution is 6.31. The Morgan fingerprint density at radius 3 is 2.62 bits per heavy atom. The highest BCUT2D eigenvalue weighted by Gasteiger charge is 2.10. The first-order chi connectivity index (χ1) is 11.6. The third-order valence-corrected chi connectivity index (χ3v) is 4.14. The summed E-state index contributed by atoms with van der Waals surface area (Å²) in [5.74, 6) is 0.697. The number of methoxy groups -OCH3 is 1. The molecule has 3 rings (SSSR count). The van der Waals surface area contributed by atoms with E-state index in [1.165, 1.54) is 0 Å². The number of aromatic nitrogens is 1. The maximum absolute atomic E-state index is 12.5. The summed E-state index contributed by atoms with van der Waals surface area (Å²) < 4.78 is 5.12. The smallest absolute Gasteiger partial charge is 0.187 e. The number of pyridine rings is 1. The minimum absolute atomic E-state index is 0.0855. The van der Waals surface area contributed by atoms with Crippen molar-refractivity contribution in [3.8, 4) is 5.75 Å². The third kappa shape index (κ3) is 3.31. The van der Waals surface area contributed by atoms with Crippen molar-refractivity contribution in [3.05, 3.63) is 76.5 Å². The summed E-state index contributed by atoms with van der Waals surface area (Å²) in [5, 5.41) is 1.52. The summed E-state index contributed by atoms with van der Waals surface area (Å²) in [5.41, 5.74) is 3.22. The van der Waals surface area contributed by atoms with Gasteiger partial charge in [0.25, 0.3) is 0 Å². The molecule has 0 aliphatic heterocycles. The van der Waals surface area contributed by atoms with Gasteiger partial charge in [-0.3, -0.25) is 9.78 Å². The van der Waals surface area contributed by atoms with Crippen LogP contribution >= 0.6 is 11.6 Å². The second-order valence-corrected chi connectivity index (χ2v) is 5.87. The normalized spacial score (nSPS) is 11.1. The van der Waals surface area contributed by atoms with Crippen molar-refractivity contribution in [2.45, 2.75) is 6.92 Å². The van der Waals surface area contributed by atoms with Crippen LogP contribution < -0.4 is 4.74 Å². The summed E-state index contributed by atoms with van der Waals surface area (Å²) in [6.07, 6.45) is 4.96. The number of hydrogen-bond acceptors (Lipinski definition) is 3. The lowest BCUT2D eigenvalue weighted by molar-refractivity contribution is 0.104. The topological polar surface area (TPSA) is 39.2 Å². The number of nitrogens with zero attached hydrogens (tertiary/aromatic N) is 1. The second-order valence-electron chi connectivity index (χ2n) is 5.43. The highest BCUT2D eigenvalue weighted by Crippen LogP contribution is 2.24. The van der Waals surface area contributed by atoms with Crippen molar-refractivity contribution in [3.63, 3.8) is 0 Å². The van der Waals surface area contributed by atoms with E-state index in [4.69, 9.17) is 16.3 Å². The molecule has 4 heteroatoms. The number of rotatable bonds is 4. The van der Waals surface area contributed by atoms with Crippen molar-refractivity contribution < 1.29 is 9.53 Å². The van der Waals surface area contributed by atoms with Crippen LogP contribution in [0.3, 0.4) is 0 Å². The Morgan fingerprint density at radius 2 is 1.92 bits per heavy atom. The van der Waals surface area contributed by atoms with Crippen molar-refractivity contribution >= 4 is 34.4 Å². The molecule has 0 amide bonds. The average Bonchev–Trinajstić information content (AvgIpc) is 2.61. The van der Waals surface area contributed by atoms with Gasteiger partial charge in [-0.15, -0.1) is 0 Å². The Balaban J connectivity index is 1.90. The van der Waals surface area contributed by atoms with E-state index in [1.54, 1.807) is 31.5 Å². The Bertz CT molecular complexity index is 930. The number of fused-ring (bicyclic) bond motifs is 1. The molecular weight excluding hydrogens is 322 g/mol. The zero-order chi connectivity index (χ0) is 17.1. The predicted molar refractivity (Wildman–Crippen MR) is 97.8 cm³/mol. The van der Waals surface area contributed by atoms with E-state index in [0.29, 0.717) is 10.6 Å². The fourth-order valence-electron chi connectivity index (χ4n) is 2.52. The van der Waals surface area contributed by atoms with E-state index in [-0.39, 0.29) is 5.78 Å². The van der Waals surface area contributed by atoms with Crippen LogP contribution in [0.4, 0.5) is 0 Å². The molecule has 0 N–H and O–H groups in total. The molecule has 0 aliphatic rings. The quantitative estimate of drug-likeness (QED) is 0.491. The first kappa shape index (κ1) is 16.2. The molecule has 2 aromatic carbocycles. The zero-order valence-electron chi connectivity index (χ0n) is 13.4. The number of ether oxygens (including phenoxy) is 1. The fourth-order valence-corrected chi connectivity index (χ4v) is 2.69. The van der Waals surface area contributed by atoms with E-state index < -0.39 is 0 Å². The average molecular weight is 338 g/mol. The molecule has 0 unspecified atom stereocenters. The van der Waals surface area contributed by atoms with Gasteiger partial charge in [-0.25, -0.2) is 0 Å². The van der Waals surface area contributed by atoms with Crippen LogP contribution in [0.15, 0.2) is 54.7 Å². The molecule has 0 spiro atoms. The Kier molecular flexibility index (Phi) is 4.63. The lowest BCUT2D eigenvalue weighted by Gasteiger charge is -2.06. The molecule has 3 aromatic rings. The van der Waals surface area contributed by atoms with Crippen LogP contribution in [0.1, 0.15) is 21.5 Å². The molecule has 24 heavy (non-hydrogen) atoms. The summed E-state index contributed by atoms with van der Waals surface area (Å²) in [4.78, 5) is 16.9. The number of aryl methyl sites for hydroxylation is 1. The van der Waals surface area contributed by atoms with E-state index in [9.17, 15) is 4.79 Å². The molecule has 1 heterocycles. The van der Waals surface area contributed by atoms with Gasteiger partial charge in [-0.2, -0.15) is 0 Å². The van der Waals surface area contributed by atoms with E-state index in [1.807, 2.05) is 43.3 Å². The van der Waals surface area contributed by atoms with Gasteiger partial charge in [0.2, 0.25) is 0 Å². The maximum Gasteiger partial charge on any atom is 0.187 e. The first-order valence-corrected chi connectivity index (χ1v) is 7.87. The van der Waals surface area contributed by atoms with Gasteiger partial charge in [0.15, 0.2) is 5.78 Å². The fraction of sp³-hybridized carbons (Fsp3) is 0.100. The van der Waals surface area contributed by atoms with Crippen LogP contribution in [0, 0.1) is 6.92 Å². The summed E-state index contributed by atoms with van der Waals surface area (Å²) in [6.45, 7) is 1.91. The number of carbonyl (C=O) groups excluding carboxylic acids is 1. The molecule has 1 aromatic heterocycles. The van der Waals surface area contributed by atoms with Crippen LogP contribution in [-0.2, 0) is 0 Å². The molecule has 0 atom stereocenters. The van der Waals surface area contributed by atoms with Crippen molar-refractivity contribution in [2.75, 3.05) is 7.11 Å². The molecule has 0 fully saturated rings. The Labute approximate surface area is 145 Å². The minimum Gasteiger partial charge on any atom is -0.497 e. The third-order valence-electron chi connectivity index (χ3n) is 3.91. The predicted octanol–water partition coefficient (Wildman–Crippen LogP) is 5.10. The first-order valence-electron chi connectivity index (χ1n) is 7.50. The van der Waals surface area contributed by atoms with E-state index in [0.717, 1.165) is 27.8 Å². The number of halogens is 1. The highest BCUT2D eigenvalue weighted by atomic mass is 35.5. The van der Waals surface area contributed by atoms with E-state index >= 15 is 0 Å². The van der Waals surface area contributed by atoms with Gasteiger partial charge >= 0.3 is 0 Å². The summed E-state index contributed by atoms with van der Waals surface area (Å²) >= 11 is 6.05. The van der Waals surface area contributed by atoms with Gasteiger partial charge in [-0.05, 0) is 54.5 Å². The number of carbonyl (C=O) groups is 1. The minimum atomic E-state index is -0.0855. The lowest BCUT2D eigenvalue weighted by atomic mass is 10.0. The number of ketones is 1. The van der Waals surface area contributed by atoms with Crippen molar-refractivity contribution in [2.24, 2.45) is 0 Å². The summed E-state index contributed by atoms with van der Waals surface area (Å²) in [6, 6.07) is 13.0. The molecule has 120 valence electrons. The lowest BCUT2D eigenvalue weighted by Crippen LogP contribution is -2.00. The summed E-state index contributed by atoms with van der Waals surface area (Å²) in [7, 11) is 1.62. The number of benzene rings is 2. The molecule has 0 bridgehead atoms. The SMILES string of the molecule is COc1ccc(/C=C/C(=O)c2cnc3ccc(Cl)cc3c2C)cc1. The van der Waals surface area contributed by atoms with Gasteiger partial charge < -0.3 is 4.74 Å². The molecule has 0 saturated carbocycles. The van der Waals surface area contributed by atoms with Crippen LogP contribution in [0.25, 0.3) is 17.0 Å². The molecule has 0 aliphatic carbocycles. The van der Waals surface area contributed by atoms with Crippen LogP contribution in [-0.4, -0.2) is 17.9 Å². The number of allylic oxidation sites excluding steroid dienone is 1. The maximum atomic E-state index is 12.5. The van der Waals surface area contributed by atoms with Gasteiger partial charge in [-0.1, -0.05) is 29.8 Å². The largest absolute Gasteiger partial charge is 0.497 e. The Morgan fingerprint density at radius 1 is 1.17 bits per heavy atom. The van der Waals surface area contributed by atoms with E-state index in [2.05, 4.69) is 4.98 Å². The molecule has 0 saturated heterocycles. The van der Waals surface area contributed by atoms with Crippen LogP contribution in [0.2, 0.25) is 5.02 Å². The van der Waals surface area contributed by atoms with Crippen LogP contribution in [0.5, 0.6) is 5.75 Å². The zero-order valence-corrected chi connectivity index (χ0v) is 14.2. The monoisotopic (exact) mass is 337 g/mol. The van der Waals surface area contributed by atoms with Crippen molar-refractivity contribution in [1.82, 2.24) is 4.98 Å². The Hall–Kier alpha value is -2.65. The van der Waals surface area contributed by atoms with Crippen molar-refractivity contribution in [1.29, 1.82) is 0 Å². The standard InChI is InChI=1S/C20H16ClNO2/c1-13-17-11-15(21)6-9-19(17)22-12-18(13)20(23)10-5-14-3-7-16(24-2)8-4-14/h3-12H,1-2H3/b10-5+. The molecular formula is C20H16ClNO2. The van der Waals surface area contributed by atoms with Gasteiger partial charge in [0.1, 0.15) is 5.75 Å². The number of hydrogen-bond donors (Lipinski definition) is 0. The van der Waals surface area contributed by atoms with Gasteiger partial charge in [0, 0.05) is 22.2 Å². The van der Waals surface area contributed by atoms with Gasteiger partial charge in [0.05, 0.1) is 12.6 Å². The molecule has 0 radical (unpaired) electrons. The molecule has 3 nitrogen and oxygen atoms in total. The second kappa shape index (κ2) is 6.85.